The van der Waals surface area contributed by atoms with E-state index in [1.807, 2.05) is 12.1 Å². The molecule has 0 bridgehead atoms. The van der Waals surface area contributed by atoms with E-state index in [0.29, 0.717) is 16.1 Å². The molecule has 5 rings (SSSR count). The molecule has 2 aliphatic heterocycles. The van der Waals surface area contributed by atoms with Crippen molar-refractivity contribution in [3.63, 3.8) is 0 Å². The summed E-state index contributed by atoms with van der Waals surface area (Å²) in [5.41, 5.74) is 6.83. The molecule has 2 fully saturated rings. The van der Waals surface area contributed by atoms with Crippen LogP contribution in [-0.2, 0) is 50.1 Å². The molecule has 6 atom stereocenters. The Morgan fingerprint density at radius 2 is 1.57 bits per heavy atom. The second-order valence-electron chi connectivity index (χ2n) is 10.3. The standard InChI is InChI=1S/C27H32N2O10P2S/c1-27(2)38-22-21(37-24(23(22)39-27)26-29-20(16-42-26)25(28)30)15-36-41(33,35-14-19-11-7-4-8-12-19)17-40(31,32)34-13-18-9-5-3-6-10-18/h3-12,16,21-24H,13-15,17H2,1-2H3,(H2,28,30)(H,31,32)/t21-,22-,23-,24-,41?/m1/s1. The van der Waals surface area contributed by atoms with E-state index in [1.165, 1.54) is 16.7 Å². The maximum atomic E-state index is 14.0. The zero-order valence-electron chi connectivity index (χ0n) is 22.9. The smallest absolute Gasteiger partial charge is 0.343 e. The van der Waals surface area contributed by atoms with Gasteiger partial charge in [-0.15, -0.1) is 11.3 Å². The number of carbonyl (C=O) groups excluding carboxylic acids is 1. The molecule has 3 heterocycles. The number of carbonyl (C=O) groups is 1. The first-order valence-electron chi connectivity index (χ1n) is 13.1. The van der Waals surface area contributed by atoms with E-state index in [1.54, 1.807) is 62.4 Å². The molecule has 2 aromatic carbocycles. The fourth-order valence-corrected chi connectivity index (χ4v) is 9.36. The van der Waals surface area contributed by atoms with Gasteiger partial charge in [0.2, 0.25) is 0 Å². The maximum absolute atomic E-state index is 14.0. The van der Waals surface area contributed by atoms with E-state index in [2.05, 4.69) is 4.98 Å². The first-order chi connectivity index (χ1) is 19.9. The van der Waals surface area contributed by atoms with Gasteiger partial charge < -0.3 is 38.4 Å². The van der Waals surface area contributed by atoms with Gasteiger partial charge in [-0.1, -0.05) is 60.7 Å². The van der Waals surface area contributed by atoms with E-state index in [0.717, 1.165) is 0 Å². The molecular weight excluding hydrogens is 606 g/mol. The number of hydrogen-bond acceptors (Lipinski definition) is 11. The third-order valence-corrected chi connectivity index (χ3v) is 11.8. The largest absolute Gasteiger partial charge is 0.364 e. The van der Waals surface area contributed by atoms with Gasteiger partial charge in [-0.25, -0.2) is 4.98 Å². The molecule has 0 radical (unpaired) electrons. The number of benzene rings is 2. The van der Waals surface area contributed by atoms with Gasteiger partial charge in [-0.2, -0.15) is 0 Å². The van der Waals surface area contributed by atoms with Crippen LogP contribution >= 0.6 is 26.5 Å². The molecule has 0 aliphatic carbocycles. The van der Waals surface area contributed by atoms with Crippen LogP contribution in [0, 0.1) is 0 Å². The minimum Gasteiger partial charge on any atom is -0.364 e. The quantitative estimate of drug-likeness (QED) is 0.242. The number of nitrogens with zero attached hydrogens (tertiary/aromatic N) is 1. The summed E-state index contributed by atoms with van der Waals surface area (Å²) in [5.74, 6) is -2.50. The lowest BCUT2D eigenvalue weighted by molar-refractivity contribution is -0.190. The van der Waals surface area contributed by atoms with Crippen molar-refractivity contribution in [1.29, 1.82) is 0 Å². The van der Waals surface area contributed by atoms with Crippen molar-refractivity contribution in [2.45, 2.75) is 57.3 Å². The number of aromatic nitrogens is 1. The Hall–Kier alpha value is -2.28. The lowest BCUT2D eigenvalue weighted by Gasteiger charge is -2.25. The Morgan fingerprint density at radius 1 is 0.976 bits per heavy atom. The van der Waals surface area contributed by atoms with Crippen LogP contribution in [0.3, 0.4) is 0 Å². The molecule has 0 spiro atoms. The zero-order chi connectivity index (χ0) is 30.0. The van der Waals surface area contributed by atoms with E-state index >= 15 is 0 Å². The van der Waals surface area contributed by atoms with Crippen LogP contribution in [0.4, 0.5) is 0 Å². The molecule has 1 amide bonds. The summed E-state index contributed by atoms with van der Waals surface area (Å²) < 4.78 is 62.1. The fraction of sp³-hybridized carbons (Fsp3) is 0.407. The first-order valence-corrected chi connectivity index (χ1v) is 17.5. The van der Waals surface area contributed by atoms with Crippen molar-refractivity contribution in [2.75, 3.05) is 12.5 Å². The van der Waals surface area contributed by atoms with Gasteiger partial charge in [0.1, 0.15) is 35.1 Å². The van der Waals surface area contributed by atoms with Gasteiger partial charge in [-0.3, -0.25) is 13.9 Å². The molecule has 2 aliphatic rings. The van der Waals surface area contributed by atoms with Gasteiger partial charge in [-0.05, 0) is 25.0 Å². The lowest BCUT2D eigenvalue weighted by Crippen LogP contribution is -2.32. The van der Waals surface area contributed by atoms with Crippen LogP contribution in [0.2, 0.25) is 0 Å². The Bertz CT molecular complexity index is 1470. The van der Waals surface area contributed by atoms with Crippen molar-refractivity contribution in [2.24, 2.45) is 5.73 Å². The Kier molecular flexibility index (Phi) is 9.46. The SMILES string of the molecule is CC1(C)O[C@@H]2[C@H](O1)[C@@H](COP(=O)(CP(=O)(O)OCc1ccccc1)OCc1ccccc1)O[C@H]2c1nc(C(N)=O)cs1. The van der Waals surface area contributed by atoms with Crippen LogP contribution < -0.4 is 5.73 Å². The Morgan fingerprint density at radius 3 is 2.17 bits per heavy atom. The molecule has 3 aromatic rings. The summed E-state index contributed by atoms with van der Waals surface area (Å²) in [4.78, 5) is 26.5. The van der Waals surface area contributed by atoms with Gasteiger partial charge in [0.05, 0.1) is 19.8 Å². The number of amides is 1. The van der Waals surface area contributed by atoms with Crippen LogP contribution in [0.15, 0.2) is 66.0 Å². The van der Waals surface area contributed by atoms with Gasteiger partial charge in [0.25, 0.3) is 5.91 Å². The minimum absolute atomic E-state index is 0.0982. The average Bonchev–Trinajstić information content (AvgIpc) is 3.64. The number of nitrogens with two attached hydrogens (primary N) is 1. The number of rotatable bonds is 13. The molecule has 42 heavy (non-hydrogen) atoms. The van der Waals surface area contributed by atoms with E-state index in [4.69, 9.17) is 33.5 Å². The van der Waals surface area contributed by atoms with Gasteiger partial charge in [0.15, 0.2) is 11.7 Å². The summed E-state index contributed by atoms with van der Waals surface area (Å²) in [6, 6.07) is 17.8. The van der Waals surface area contributed by atoms with Crippen LogP contribution in [0.1, 0.15) is 46.6 Å². The monoisotopic (exact) mass is 638 g/mol. The molecule has 15 heteroatoms. The van der Waals surface area contributed by atoms with Gasteiger partial charge >= 0.3 is 15.2 Å². The number of thiazole rings is 1. The highest BCUT2D eigenvalue weighted by Gasteiger charge is 2.57. The van der Waals surface area contributed by atoms with Crippen molar-refractivity contribution in [1.82, 2.24) is 4.98 Å². The predicted octanol–water partition coefficient (Wildman–Crippen LogP) is 4.99. The first kappa shape index (κ1) is 31.2. The van der Waals surface area contributed by atoms with Crippen molar-refractivity contribution in [3.8, 4) is 0 Å². The summed E-state index contributed by atoms with van der Waals surface area (Å²) in [5, 5.41) is 1.99. The molecule has 2 saturated heterocycles. The van der Waals surface area contributed by atoms with Crippen LogP contribution in [0.5, 0.6) is 0 Å². The second kappa shape index (κ2) is 12.8. The van der Waals surface area contributed by atoms with Crippen LogP contribution in [0.25, 0.3) is 0 Å². The summed E-state index contributed by atoms with van der Waals surface area (Å²) in [6.07, 6.45) is -2.78. The highest BCUT2D eigenvalue weighted by molar-refractivity contribution is 7.70. The highest BCUT2D eigenvalue weighted by atomic mass is 32.1. The number of hydrogen-bond donors (Lipinski definition) is 2. The molecule has 2 unspecified atom stereocenters. The van der Waals surface area contributed by atoms with E-state index in [9.17, 15) is 18.8 Å². The van der Waals surface area contributed by atoms with Crippen molar-refractivity contribution in [3.05, 3.63) is 87.9 Å². The average molecular weight is 639 g/mol. The van der Waals surface area contributed by atoms with Gasteiger partial charge in [0, 0.05) is 5.38 Å². The topological polar surface area (TPSA) is 166 Å². The van der Waals surface area contributed by atoms with E-state index < -0.39 is 57.2 Å². The Labute approximate surface area is 247 Å². The summed E-state index contributed by atoms with van der Waals surface area (Å²) in [6.45, 7) is 2.90. The molecule has 1 aromatic heterocycles. The van der Waals surface area contributed by atoms with Crippen LogP contribution in [-0.4, -0.2) is 52.4 Å². The number of ether oxygens (including phenoxy) is 3. The predicted molar refractivity (Wildman–Crippen MR) is 153 cm³/mol. The number of fused-ring (bicyclic) bond motifs is 1. The minimum atomic E-state index is -4.43. The Balaban J connectivity index is 1.32. The molecule has 0 saturated carbocycles. The van der Waals surface area contributed by atoms with Crippen molar-refractivity contribution < 1.29 is 46.6 Å². The zero-order valence-corrected chi connectivity index (χ0v) is 25.5. The fourth-order valence-electron chi connectivity index (χ4n) is 4.61. The third kappa shape index (κ3) is 7.81. The number of primary amides is 1. The second-order valence-corrected chi connectivity index (χ2v) is 15.6. The van der Waals surface area contributed by atoms with Crippen molar-refractivity contribution >= 4 is 32.4 Å². The molecule has 3 N–H and O–H groups in total. The lowest BCUT2D eigenvalue weighted by atomic mass is 10.1. The molecule has 226 valence electrons. The summed E-state index contributed by atoms with van der Waals surface area (Å²) in [7, 11) is -8.67. The normalized spacial score (nSPS) is 25.9. The molecular formula is C27H32N2O10P2S. The summed E-state index contributed by atoms with van der Waals surface area (Å²) >= 11 is 1.19. The third-order valence-electron chi connectivity index (χ3n) is 6.50. The maximum Gasteiger partial charge on any atom is 0.343 e. The van der Waals surface area contributed by atoms with E-state index in [-0.39, 0.29) is 25.5 Å². The highest BCUT2D eigenvalue weighted by Crippen LogP contribution is 2.62. The molecule has 12 nitrogen and oxygen atoms in total.